The predicted octanol–water partition coefficient (Wildman–Crippen LogP) is 3.21. The van der Waals surface area contributed by atoms with E-state index in [1.807, 2.05) is 0 Å². The molecule has 0 bridgehead atoms. The Morgan fingerprint density at radius 3 is 2.55 bits per heavy atom. The molecule has 0 saturated carbocycles. The zero-order chi connectivity index (χ0) is 21.0. The van der Waals surface area contributed by atoms with Gasteiger partial charge in [-0.1, -0.05) is 23.7 Å². The fourth-order valence-electron chi connectivity index (χ4n) is 2.73. The number of nitrogens with zero attached hydrogens (tertiary/aromatic N) is 1. The molecule has 11 heteroatoms. The van der Waals surface area contributed by atoms with E-state index in [1.54, 1.807) is 0 Å². The van der Waals surface area contributed by atoms with E-state index >= 15 is 0 Å². The van der Waals surface area contributed by atoms with E-state index in [2.05, 4.69) is 10.1 Å². The molecule has 0 aliphatic carbocycles. The van der Waals surface area contributed by atoms with Crippen LogP contribution in [0.3, 0.4) is 0 Å². The lowest BCUT2D eigenvalue weighted by Gasteiger charge is -2.26. The Balaban J connectivity index is 1.87. The fraction of sp³-hybridized carbons (Fsp3) is 0.278. The minimum absolute atomic E-state index is 0.00640. The van der Waals surface area contributed by atoms with Gasteiger partial charge in [0.1, 0.15) is 10.6 Å². The molecule has 1 amide bonds. The van der Waals surface area contributed by atoms with Crippen LogP contribution in [-0.2, 0) is 14.8 Å². The average molecular weight is 447 g/mol. The summed E-state index contributed by atoms with van der Waals surface area (Å²) in [6.07, 6.45) is 0. The first-order valence-corrected chi connectivity index (χ1v) is 10.3. The van der Waals surface area contributed by atoms with Crippen molar-refractivity contribution >= 4 is 33.2 Å². The molecule has 29 heavy (non-hydrogen) atoms. The van der Waals surface area contributed by atoms with E-state index in [4.69, 9.17) is 16.3 Å². The lowest BCUT2D eigenvalue weighted by atomic mass is 10.2. The Labute approximate surface area is 171 Å². The minimum atomic E-state index is -3.93. The van der Waals surface area contributed by atoms with Crippen molar-refractivity contribution in [3.05, 3.63) is 53.1 Å². The zero-order valence-electron chi connectivity index (χ0n) is 15.0. The highest BCUT2D eigenvalue weighted by atomic mass is 35.5. The van der Waals surface area contributed by atoms with Gasteiger partial charge in [-0.15, -0.1) is 0 Å². The summed E-state index contributed by atoms with van der Waals surface area (Å²) in [7, 11) is -3.93. The Hall–Kier alpha value is -2.27. The fourth-order valence-corrected chi connectivity index (χ4v) is 4.64. The van der Waals surface area contributed by atoms with Crippen molar-refractivity contribution in [3.8, 4) is 5.75 Å². The van der Waals surface area contributed by atoms with Gasteiger partial charge < -0.3 is 14.8 Å². The molecule has 156 valence electrons. The molecule has 0 aromatic heterocycles. The molecule has 1 aliphatic rings. The second kappa shape index (κ2) is 9.04. The number of para-hydroxylation sites is 2. The van der Waals surface area contributed by atoms with E-state index in [0.717, 1.165) is 6.07 Å². The van der Waals surface area contributed by atoms with Gasteiger partial charge in [-0.05, 0) is 30.3 Å². The zero-order valence-corrected chi connectivity index (χ0v) is 16.6. The molecule has 2 aromatic rings. The van der Waals surface area contributed by atoms with Gasteiger partial charge in [-0.3, -0.25) is 4.79 Å². The molecular weight excluding hydrogens is 430 g/mol. The molecule has 0 spiro atoms. The first-order valence-electron chi connectivity index (χ1n) is 8.51. The molecule has 1 heterocycles. The lowest BCUT2D eigenvalue weighted by molar-refractivity contribution is -0.0493. The summed E-state index contributed by atoms with van der Waals surface area (Å²) >= 11 is 6.08. The van der Waals surface area contributed by atoms with Gasteiger partial charge in [0, 0.05) is 18.7 Å². The Morgan fingerprint density at radius 2 is 1.86 bits per heavy atom. The summed E-state index contributed by atoms with van der Waals surface area (Å²) in [4.78, 5) is 12.4. The van der Waals surface area contributed by atoms with Crippen LogP contribution in [0.4, 0.5) is 14.5 Å². The minimum Gasteiger partial charge on any atom is -0.433 e. The second-order valence-corrected chi connectivity index (χ2v) is 8.30. The van der Waals surface area contributed by atoms with E-state index in [9.17, 15) is 22.0 Å². The number of rotatable bonds is 6. The number of amides is 1. The number of alkyl halides is 2. The Bertz CT molecular complexity index is 997. The molecule has 1 fully saturated rings. The van der Waals surface area contributed by atoms with Crippen molar-refractivity contribution in [2.75, 3.05) is 31.6 Å². The molecule has 0 unspecified atom stereocenters. The van der Waals surface area contributed by atoms with Gasteiger partial charge in [0.2, 0.25) is 10.0 Å². The van der Waals surface area contributed by atoms with Gasteiger partial charge in [0.25, 0.3) is 5.91 Å². The molecule has 0 radical (unpaired) electrons. The van der Waals surface area contributed by atoms with Crippen LogP contribution in [0.1, 0.15) is 10.4 Å². The first-order chi connectivity index (χ1) is 13.8. The van der Waals surface area contributed by atoms with Crippen LogP contribution in [-0.4, -0.2) is 51.5 Å². The SMILES string of the molecule is O=C(Nc1ccccc1OC(F)F)c1ccc(Cl)c(S(=O)(=O)N2CCOCC2)c1. The number of sulfonamides is 1. The summed E-state index contributed by atoms with van der Waals surface area (Å²) in [6, 6.07) is 9.46. The molecule has 0 atom stereocenters. The van der Waals surface area contributed by atoms with Crippen LogP contribution >= 0.6 is 11.6 Å². The molecule has 1 aliphatic heterocycles. The highest BCUT2D eigenvalue weighted by molar-refractivity contribution is 7.89. The standard InChI is InChI=1S/C18H17ClF2N2O5S/c19-13-6-5-12(11-16(13)29(25,26)23-7-9-27-10-8-23)17(24)22-14-3-1-2-4-15(14)28-18(20)21/h1-6,11,18H,7-10H2,(H,22,24). The monoisotopic (exact) mass is 446 g/mol. The number of ether oxygens (including phenoxy) is 2. The quantitative estimate of drug-likeness (QED) is 0.736. The number of halogens is 3. The summed E-state index contributed by atoms with van der Waals surface area (Å²) < 4.78 is 61.6. The van der Waals surface area contributed by atoms with Crippen LogP contribution in [0.5, 0.6) is 5.75 Å². The van der Waals surface area contributed by atoms with Crippen LogP contribution < -0.4 is 10.1 Å². The largest absolute Gasteiger partial charge is 0.433 e. The maximum Gasteiger partial charge on any atom is 0.387 e. The number of morpholine rings is 1. The van der Waals surface area contributed by atoms with E-state index in [0.29, 0.717) is 0 Å². The van der Waals surface area contributed by atoms with Crippen molar-refractivity contribution in [2.24, 2.45) is 0 Å². The summed E-state index contributed by atoms with van der Waals surface area (Å²) in [6.45, 7) is -2.19. The van der Waals surface area contributed by atoms with Gasteiger partial charge in [0.15, 0.2) is 0 Å². The molecular formula is C18H17ClF2N2O5S. The average Bonchev–Trinajstić information content (AvgIpc) is 2.70. The van der Waals surface area contributed by atoms with Gasteiger partial charge in [0.05, 0.1) is 23.9 Å². The highest BCUT2D eigenvalue weighted by Gasteiger charge is 2.29. The first kappa shape index (κ1) is 21.4. The molecule has 1 N–H and O–H groups in total. The summed E-state index contributed by atoms with van der Waals surface area (Å²) in [5, 5.41) is 2.41. The van der Waals surface area contributed by atoms with Crippen LogP contribution in [0.15, 0.2) is 47.4 Å². The summed E-state index contributed by atoms with van der Waals surface area (Å²) in [5.41, 5.74) is 0.0124. The number of benzene rings is 2. The number of nitrogens with one attached hydrogen (secondary N) is 1. The third-order valence-corrected chi connectivity index (χ3v) is 6.51. The lowest BCUT2D eigenvalue weighted by Crippen LogP contribution is -2.40. The third-order valence-electron chi connectivity index (χ3n) is 4.13. The van der Waals surface area contributed by atoms with E-state index in [-0.39, 0.29) is 53.2 Å². The van der Waals surface area contributed by atoms with Crippen LogP contribution in [0, 0.1) is 0 Å². The normalized spacial score (nSPS) is 15.3. The molecule has 1 saturated heterocycles. The van der Waals surface area contributed by atoms with Crippen molar-refractivity contribution < 1.29 is 31.5 Å². The highest BCUT2D eigenvalue weighted by Crippen LogP contribution is 2.29. The Morgan fingerprint density at radius 1 is 1.17 bits per heavy atom. The van der Waals surface area contributed by atoms with Crippen molar-refractivity contribution in [1.82, 2.24) is 4.31 Å². The van der Waals surface area contributed by atoms with Crippen molar-refractivity contribution in [2.45, 2.75) is 11.5 Å². The van der Waals surface area contributed by atoms with Gasteiger partial charge in [-0.2, -0.15) is 13.1 Å². The van der Waals surface area contributed by atoms with E-state index in [1.165, 1.54) is 40.7 Å². The Kier molecular flexibility index (Phi) is 6.68. The number of hydrogen-bond acceptors (Lipinski definition) is 5. The second-order valence-electron chi connectivity index (χ2n) is 5.99. The molecule has 7 nitrogen and oxygen atoms in total. The van der Waals surface area contributed by atoms with Crippen molar-refractivity contribution in [1.29, 1.82) is 0 Å². The number of anilines is 1. The number of carbonyl (C=O) groups excluding carboxylic acids is 1. The number of hydrogen-bond donors (Lipinski definition) is 1. The van der Waals surface area contributed by atoms with Crippen molar-refractivity contribution in [3.63, 3.8) is 0 Å². The number of carbonyl (C=O) groups is 1. The predicted molar refractivity (Wildman–Crippen MR) is 102 cm³/mol. The molecule has 3 rings (SSSR count). The van der Waals surface area contributed by atoms with Gasteiger partial charge in [-0.25, -0.2) is 8.42 Å². The molecule has 2 aromatic carbocycles. The smallest absolute Gasteiger partial charge is 0.387 e. The van der Waals surface area contributed by atoms with Crippen LogP contribution in [0.2, 0.25) is 5.02 Å². The van der Waals surface area contributed by atoms with Gasteiger partial charge >= 0.3 is 6.61 Å². The van der Waals surface area contributed by atoms with E-state index < -0.39 is 22.5 Å². The van der Waals surface area contributed by atoms with Crippen LogP contribution in [0.25, 0.3) is 0 Å². The topological polar surface area (TPSA) is 84.9 Å². The third kappa shape index (κ3) is 5.02. The maximum absolute atomic E-state index is 12.9. The maximum atomic E-state index is 12.9. The summed E-state index contributed by atoms with van der Waals surface area (Å²) in [5.74, 6) is -0.920.